The number of carbonyl (C=O) groups is 1. The zero-order valence-electron chi connectivity index (χ0n) is 14.2. The van der Waals surface area contributed by atoms with Crippen molar-refractivity contribution in [2.75, 3.05) is 24.5 Å². The summed E-state index contributed by atoms with van der Waals surface area (Å²) in [7, 11) is 0. The van der Waals surface area contributed by atoms with Gasteiger partial charge < -0.3 is 4.74 Å². The number of nitrogens with zero attached hydrogens (tertiary/aromatic N) is 2. The van der Waals surface area contributed by atoms with Crippen molar-refractivity contribution < 1.29 is 13.9 Å². The molecule has 3 aliphatic heterocycles. The van der Waals surface area contributed by atoms with Gasteiger partial charge >= 0.3 is 6.09 Å². The molecule has 5 rings (SSSR count). The summed E-state index contributed by atoms with van der Waals surface area (Å²) >= 11 is 4.95. The van der Waals surface area contributed by atoms with Crippen LogP contribution >= 0.6 is 27.3 Å². The third-order valence-electron chi connectivity index (χ3n) is 5.15. The standard InChI is InChI=1S/C19H20BrFN2O2S/c20-14-9-15(26-12-14)10-23(17-4-2-1-3-16(17)21)19(24)25-18-11-22-7-5-13(18)6-8-22/h1-4,9,12-13,18H,5-8,10-11H2/t18-/m0/s1. The van der Waals surface area contributed by atoms with Gasteiger partial charge in [-0.3, -0.25) is 9.80 Å². The maximum atomic E-state index is 14.4. The maximum Gasteiger partial charge on any atom is 0.415 e. The first-order valence-electron chi connectivity index (χ1n) is 8.78. The number of amides is 1. The van der Waals surface area contributed by atoms with Gasteiger partial charge in [-0.25, -0.2) is 9.18 Å². The molecule has 26 heavy (non-hydrogen) atoms. The highest BCUT2D eigenvalue weighted by Crippen LogP contribution is 2.31. The fraction of sp³-hybridized carbons (Fsp3) is 0.421. The smallest absolute Gasteiger partial charge is 0.415 e. The van der Waals surface area contributed by atoms with Gasteiger partial charge in [-0.1, -0.05) is 12.1 Å². The predicted octanol–water partition coefficient (Wildman–Crippen LogP) is 4.89. The van der Waals surface area contributed by atoms with Crippen molar-refractivity contribution in [3.05, 3.63) is 50.9 Å². The summed E-state index contributed by atoms with van der Waals surface area (Å²) in [6.45, 7) is 3.24. The molecule has 138 valence electrons. The zero-order valence-corrected chi connectivity index (χ0v) is 16.6. The summed E-state index contributed by atoms with van der Waals surface area (Å²) in [6.07, 6.45) is 1.55. The second kappa shape index (κ2) is 7.66. The number of thiophene rings is 1. The molecule has 0 saturated carbocycles. The minimum absolute atomic E-state index is 0.102. The lowest BCUT2D eigenvalue weighted by atomic mass is 9.86. The van der Waals surface area contributed by atoms with E-state index in [1.165, 1.54) is 22.3 Å². The van der Waals surface area contributed by atoms with Crippen LogP contribution in [0.3, 0.4) is 0 Å². The molecule has 1 aromatic heterocycles. The second-order valence-corrected chi connectivity index (χ2v) is 8.74. The zero-order chi connectivity index (χ0) is 18.1. The van der Waals surface area contributed by atoms with Crippen molar-refractivity contribution in [2.45, 2.75) is 25.5 Å². The Hall–Kier alpha value is -1.44. The third kappa shape index (κ3) is 3.80. The van der Waals surface area contributed by atoms with Crippen LogP contribution in [0.25, 0.3) is 0 Å². The van der Waals surface area contributed by atoms with Crippen molar-refractivity contribution in [2.24, 2.45) is 5.92 Å². The van der Waals surface area contributed by atoms with Crippen LogP contribution in [0.1, 0.15) is 17.7 Å². The van der Waals surface area contributed by atoms with Gasteiger partial charge in [0.1, 0.15) is 11.9 Å². The number of hydrogen-bond donors (Lipinski definition) is 0. The van der Waals surface area contributed by atoms with Gasteiger partial charge in [0, 0.05) is 21.3 Å². The number of hydrogen-bond acceptors (Lipinski definition) is 4. The number of para-hydroxylation sites is 1. The van der Waals surface area contributed by atoms with Crippen LogP contribution in [0.5, 0.6) is 0 Å². The molecule has 1 aromatic carbocycles. The number of anilines is 1. The van der Waals surface area contributed by atoms with E-state index >= 15 is 0 Å². The number of halogens is 2. The Morgan fingerprint density at radius 3 is 2.73 bits per heavy atom. The molecule has 0 N–H and O–H groups in total. The Kier molecular flexibility index (Phi) is 5.29. The molecule has 4 heterocycles. The molecule has 3 fully saturated rings. The molecular formula is C19H20BrFN2O2S. The van der Waals surface area contributed by atoms with Gasteiger partial charge in [0.05, 0.1) is 12.2 Å². The first kappa shape index (κ1) is 17.9. The average molecular weight is 439 g/mol. The normalized spacial score (nSPS) is 24.5. The lowest BCUT2D eigenvalue weighted by Crippen LogP contribution is -2.53. The molecule has 3 saturated heterocycles. The average Bonchev–Trinajstić information content (AvgIpc) is 3.06. The van der Waals surface area contributed by atoms with Gasteiger partial charge in [0.25, 0.3) is 0 Å². The summed E-state index contributed by atoms with van der Waals surface area (Å²) in [5.41, 5.74) is 0.253. The molecular weight excluding hydrogens is 419 g/mol. The second-order valence-electron chi connectivity index (χ2n) is 6.83. The summed E-state index contributed by atoms with van der Waals surface area (Å²) in [5.74, 6) is -0.00344. The molecule has 0 spiro atoms. The van der Waals surface area contributed by atoms with E-state index in [2.05, 4.69) is 20.8 Å². The molecule has 0 unspecified atom stereocenters. The van der Waals surface area contributed by atoms with Crippen molar-refractivity contribution in [3.63, 3.8) is 0 Å². The molecule has 2 bridgehead atoms. The van der Waals surface area contributed by atoms with Crippen LogP contribution in [0, 0.1) is 11.7 Å². The van der Waals surface area contributed by atoms with Crippen LogP contribution < -0.4 is 4.90 Å². The summed E-state index contributed by atoms with van der Waals surface area (Å²) in [5, 5.41) is 1.95. The lowest BCUT2D eigenvalue weighted by molar-refractivity contribution is -0.0311. The minimum atomic E-state index is -0.474. The lowest BCUT2D eigenvalue weighted by Gasteiger charge is -2.44. The summed E-state index contributed by atoms with van der Waals surface area (Å²) in [4.78, 5) is 17.7. The molecule has 7 heteroatoms. The SMILES string of the molecule is O=C(O[C@H]1CN2CCC1CC2)N(Cc1cc(Br)cs1)c1ccccc1F. The van der Waals surface area contributed by atoms with Crippen LogP contribution in [0.15, 0.2) is 40.2 Å². The Balaban J connectivity index is 1.55. The molecule has 0 radical (unpaired) electrons. The Labute approximate surface area is 164 Å². The van der Waals surface area contributed by atoms with Crippen molar-refractivity contribution >= 4 is 39.0 Å². The van der Waals surface area contributed by atoms with Gasteiger partial charge in [-0.2, -0.15) is 0 Å². The number of carbonyl (C=O) groups excluding carboxylic acids is 1. The maximum absolute atomic E-state index is 14.4. The van der Waals surface area contributed by atoms with Gasteiger partial charge in [0.2, 0.25) is 0 Å². The van der Waals surface area contributed by atoms with Crippen LogP contribution in [0.4, 0.5) is 14.9 Å². The van der Waals surface area contributed by atoms with E-state index in [1.54, 1.807) is 18.2 Å². The monoisotopic (exact) mass is 438 g/mol. The quantitative estimate of drug-likeness (QED) is 0.681. The summed E-state index contributed by atoms with van der Waals surface area (Å²) in [6, 6.07) is 8.29. The molecule has 3 aliphatic rings. The van der Waals surface area contributed by atoms with E-state index in [4.69, 9.17) is 4.74 Å². The highest BCUT2D eigenvalue weighted by molar-refractivity contribution is 9.10. The van der Waals surface area contributed by atoms with Crippen molar-refractivity contribution in [1.29, 1.82) is 0 Å². The van der Waals surface area contributed by atoms with E-state index in [0.717, 1.165) is 41.8 Å². The molecule has 0 aliphatic carbocycles. The Morgan fingerprint density at radius 1 is 1.35 bits per heavy atom. The first-order valence-corrected chi connectivity index (χ1v) is 10.5. The number of benzene rings is 1. The Morgan fingerprint density at radius 2 is 2.12 bits per heavy atom. The van der Waals surface area contributed by atoms with Crippen LogP contribution in [-0.4, -0.2) is 36.7 Å². The van der Waals surface area contributed by atoms with E-state index in [1.807, 2.05) is 11.4 Å². The highest BCUT2D eigenvalue weighted by Gasteiger charge is 2.37. The number of piperidine rings is 3. The number of ether oxygens (including phenoxy) is 1. The molecule has 1 amide bonds. The van der Waals surface area contributed by atoms with Crippen LogP contribution in [0.2, 0.25) is 0 Å². The third-order valence-corrected chi connectivity index (χ3v) is 6.83. The first-order chi connectivity index (χ1) is 12.6. The topological polar surface area (TPSA) is 32.8 Å². The number of fused-ring (bicyclic) bond motifs is 3. The van der Waals surface area contributed by atoms with E-state index in [9.17, 15) is 9.18 Å². The van der Waals surface area contributed by atoms with Crippen LogP contribution in [-0.2, 0) is 11.3 Å². The Bertz CT molecular complexity index is 791. The minimum Gasteiger partial charge on any atom is -0.444 e. The molecule has 2 aromatic rings. The highest BCUT2D eigenvalue weighted by atomic mass is 79.9. The van der Waals surface area contributed by atoms with Crippen molar-refractivity contribution in [3.8, 4) is 0 Å². The largest absolute Gasteiger partial charge is 0.444 e. The predicted molar refractivity (Wildman–Crippen MR) is 104 cm³/mol. The van der Waals surface area contributed by atoms with Gasteiger partial charge in [-0.15, -0.1) is 11.3 Å². The van der Waals surface area contributed by atoms with E-state index in [0.29, 0.717) is 5.92 Å². The van der Waals surface area contributed by atoms with E-state index < -0.39 is 11.9 Å². The fourth-order valence-corrected chi connectivity index (χ4v) is 5.19. The van der Waals surface area contributed by atoms with Gasteiger partial charge in [0.15, 0.2) is 0 Å². The molecule has 4 nitrogen and oxygen atoms in total. The fourth-order valence-electron chi connectivity index (χ4n) is 3.75. The molecule has 1 atom stereocenters. The van der Waals surface area contributed by atoms with Gasteiger partial charge in [-0.05, 0) is 66.0 Å². The van der Waals surface area contributed by atoms with E-state index in [-0.39, 0.29) is 18.3 Å². The summed E-state index contributed by atoms with van der Waals surface area (Å²) < 4.78 is 21.2. The van der Waals surface area contributed by atoms with Crippen molar-refractivity contribution in [1.82, 2.24) is 4.90 Å². The number of rotatable bonds is 4.